The number of benzene rings is 2. The molecule has 2 rings (SSSR count). The van der Waals surface area contributed by atoms with E-state index in [2.05, 4.69) is 6.92 Å². The molecule has 0 aliphatic carbocycles. The van der Waals surface area contributed by atoms with E-state index < -0.39 is 0 Å². The summed E-state index contributed by atoms with van der Waals surface area (Å²) in [6.07, 6.45) is 2.21. The molecular formula is C16H17O2. The van der Waals surface area contributed by atoms with E-state index in [1.54, 1.807) is 12.1 Å². The van der Waals surface area contributed by atoms with Gasteiger partial charge >= 0.3 is 0 Å². The van der Waals surface area contributed by atoms with Crippen molar-refractivity contribution in [1.29, 1.82) is 0 Å². The van der Waals surface area contributed by atoms with Gasteiger partial charge in [0.05, 0.1) is 6.61 Å². The molecule has 0 amide bonds. The lowest BCUT2D eigenvalue weighted by Crippen LogP contribution is -1.95. The first-order valence-electron chi connectivity index (χ1n) is 6.30. The lowest BCUT2D eigenvalue weighted by atomic mass is 10.1. The molecule has 2 aromatic carbocycles. The summed E-state index contributed by atoms with van der Waals surface area (Å²) in [6.45, 7) is 2.91. The summed E-state index contributed by atoms with van der Waals surface area (Å²) in [5.41, 5.74) is 2.15. The van der Waals surface area contributed by atoms with E-state index in [4.69, 9.17) is 4.74 Å². The smallest absolute Gasteiger partial charge is 0.178 e. The maximum atomic E-state index is 11.0. The molecule has 0 spiro atoms. The molecule has 0 aromatic heterocycles. The molecule has 0 bridgehead atoms. The fourth-order valence-corrected chi connectivity index (χ4v) is 1.73. The first-order valence-corrected chi connectivity index (χ1v) is 6.30. The Hall–Kier alpha value is -1.96. The lowest BCUT2D eigenvalue weighted by Gasteiger charge is -2.06. The Morgan fingerprint density at radius 3 is 2.00 bits per heavy atom. The van der Waals surface area contributed by atoms with Crippen LogP contribution in [0.1, 0.15) is 19.8 Å². The summed E-state index contributed by atoms with van der Waals surface area (Å²) < 4.78 is 5.61. The van der Waals surface area contributed by atoms with E-state index in [9.17, 15) is 5.11 Å². The summed E-state index contributed by atoms with van der Waals surface area (Å²) >= 11 is 0. The monoisotopic (exact) mass is 241 g/mol. The molecule has 0 N–H and O–H groups in total. The Bertz CT molecular complexity index is 471. The molecular weight excluding hydrogens is 224 g/mol. The quantitative estimate of drug-likeness (QED) is 0.699. The zero-order valence-corrected chi connectivity index (χ0v) is 10.6. The summed E-state index contributed by atoms with van der Waals surface area (Å²) in [5.74, 6) is 0.936. The van der Waals surface area contributed by atoms with Crippen LogP contribution < -0.4 is 4.74 Å². The van der Waals surface area contributed by atoms with Gasteiger partial charge in [0.15, 0.2) is 5.75 Å². The molecule has 2 nitrogen and oxygen atoms in total. The minimum atomic E-state index is 0.0401. The average molecular weight is 241 g/mol. The molecule has 2 aromatic rings. The first-order chi connectivity index (χ1) is 8.79. The van der Waals surface area contributed by atoms with Gasteiger partial charge in [0, 0.05) is 0 Å². The number of unbranched alkanes of at least 4 members (excludes halogenated alkanes) is 1. The molecule has 0 aliphatic rings. The molecule has 0 aliphatic heterocycles. The fourth-order valence-electron chi connectivity index (χ4n) is 1.73. The van der Waals surface area contributed by atoms with Gasteiger partial charge in [-0.05, 0) is 41.8 Å². The molecule has 93 valence electrons. The Morgan fingerprint density at radius 2 is 1.44 bits per heavy atom. The van der Waals surface area contributed by atoms with Crippen molar-refractivity contribution in [1.82, 2.24) is 0 Å². The van der Waals surface area contributed by atoms with Gasteiger partial charge < -0.3 is 4.74 Å². The van der Waals surface area contributed by atoms with Gasteiger partial charge in [-0.15, -0.1) is 0 Å². The maximum Gasteiger partial charge on any atom is 0.178 e. The molecule has 2 heteroatoms. The third kappa shape index (κ3) is 3.27. The minimum absolute atomic E-state index is 0.0401. The minimum Gasteiger partial charge on any atom is -0.494 e. The van der Waals surface area contributed by atoms with Crippen molar-refractivity contribution in [2.45, 2.75) is 19.8 Å². The Labute approximate surface area is 108 Å². The van der Waals surface area contributed by atoms with Crippen molar-refractivity contribution in [2.24, 2.45) is 0 Å². The maximum absolute atomic E-state index is 11.0. The van der Waals surface area contributed by atoms with E-state index >= 15 is 0 Å². The molecule has 0 unspecified atom stereocenters. The summed E-state index contributed by atoms with van der Waals surface area (Å²) in [5, 5.41) is 11.0. The van der Waals surface area contributed by atoms with Gasteiger partial charge in [0.1, 0.15) is 5.75 Å². The molecule has 0 saturated heterocycles. The van der Waals surface area contributed by atoms with Gasteiger partial charge in [0.2, 0.25) is 0 Å². The second-order valence-corrected chi connectivity index (χ2v) is 4.25. The van der Waals surface area contributed by atoms with E-state index in [0.717, 1.165) is 36.3 Å². The van der Waals surface area contributed by atoms with Crippen LogP contribution in [0.25, 0.3) is 11.1 Å². The predicted octanol–water partition coefficient (Wildman–Crippen LogP) is 4.68. The average Bonchev–Trinajstić information content (AvgIpc) is 2.41. The summed E-state index contributed by atoms with van der Waals surface area (Å²) in [4.78, 5) is 0. The van der Waals surface area contributed by atoms with Crippen LogP contribution in [0.3, 0.4) is 0 Å². The number of rotatable bonds is 5. The van der Waals surface area contributed by atoms with Crippen LogP contribution in [0.15, 0.2) is 48.5 Å². The van der Waals surface area contributed by atoms with Crippen molar-refractivity contribution in [3.8, 4) is 22.6 Å². The van der Waals surface area contributed by atoms with Crippen LogP contribution in [-0.2, 0) is 5.11 Å². The van der Waals surface area contributed by atoms with Crippen molar-refractivity contribution < 1.29 is 9.84 Å². The highest BCUT2D eigenvalue weighted by molar-refractivity contribution is 5.64. The summed E-state index contributed by atoms with van der Waals surface area (Å²) in [6, 6.07) is 14.8. The van der Waals surface area contributed by atoms with Gasteiger partial charge in [-0.25, -0.2) is 0 Å². The SMILES string of the molecule is CCCCOc1ccc(-c2ccc([O])cc2)cc1. The second-order valence-electron chi connectivity index (χ2n) is 4.25. The molecule has 0 heterocycles. The lowest BCUT2D eigenvalue weighted by molar-refractivity contribution is 0.309. The number of ether oxygens (including phenoxy) is 1. The molecule has 1 radical (unpaired) electrons. The van der Waals surface area contributed by atoms with Crippen LogP contribution >= 0.6 is 0 Å². The Morgan fingerprint density at radius 1 is 0.889 bits per heavy atom. The van der Waals surface area contributed by atoms with Gasteiger partial charge in [-0.2, -0.15) is 0 Å². The molecule has 0 saturated carbocycles. The second kappa shape index (κ2) is 6.10. The zero-order valence-electron chi connectivity index (χ0n) is 10.6. The van der Waals surface area contributed by atoms with Crippen LogP contribution in [-0.4, -0.2) is 6.61 Å². The molecule has 0 atom stereocenters. The molecule has 18 heavy (non-hydrogen) atoms. The highest BCUT2D eigenvalue weighted by atomic mass is 16.5. The van der Waals surface area contributed by atoms with Crippen molar-refractivity contribution in [3.63, 3.8) is 0 Å². The fraction of sp³-hybridized carbons (Fsp3) is 0.250. The Balaban J connectivity index is 2.05. The van der Waals surface area contributed by atoms with Gasteiger partial charge in [0.25, 0.3) is 0 Å². The third-order valence-electron chi connectivity index (χ3n) is 2.81. The van der Waals surface area contributed by atoms with E-state index in [-0.39, 0.29) is 5.75 Å². The third-order valence-corrected chi connectivity index (χ3v) is 2.81. The topological polar surface area (TPSA) is 29.1 Å². The van der Waals surface area contributed by atoms with Gasteiger partial charge in [-0.1, -0.05) is 37.6 Å². The van der Waals surface area contributed by atoms with Crippen molar-refractivity contribution in [3.05, 3.63) is 48.5 Å². The number of hydrogen-bond acceptors (Lipinski definition) is 1. The standard InChI is InChI=1S/C16H17O2/c1-2-3-12-18-16-10-6-14(7-11-16)13-4-8-15(17)9-5-13/h4-11H,2-3,12H2,1H3. The van der Waals surface area contributed by atoms with Crippen LogP contribution in [0, 0.1) is 0 Å². The normalized spacial score (nSPS) is 10.3. The van der Waals surface area contributed by atoms with E-state index in [0.29, 0.717) is 0 Å². The first kappa shape index (κ1) is 12.5. The van der Waals surface area contributed by atoms with Crippen LogP contribution in [0.4, 0.5) is 0 Å². The zero-order chi connectivity index (χ0) is 12.8. The van der Waals surface area contributed by atoms with Crippen LogP contribution in [0.5, 0.6) is 11.5 Å². The van der Waals surface area contributed by atoms with Crippen molar-refractivity contribution in [2.75, 3.05) is 6.61 Å². The summed E-state index contributed by atoms with van der Waals surface area (Å²) in [7, 11) is 0. The van der Waals surface area contributed by atoms with Gasteiger partial charge in [-0.3, -0.25) is 5.11 Å². The predicted molar refractivity (Wildman–Crippen MR) is 72.4 cm³/mol. The highest BCUT2D eigenvalue weighted by Crippen LogP contribution is 2.24. The van der Waals surface area contributed by atoms with Crippen LogP contribution in [0.2, 0.25) is 0 Å². The van der Waals surface area contributed by atoms with Crippen molar-refractivity contribution >= 4 is 0 Å². The Kier molecular flexibility index (Phi) is 4.24. The number of hydrogen-bond donors (Lipinski definition) is 0. The van der Waals surface area contributed by atoms with E-state index in [1.165, 1.54) is 0 Å². The largest absolute Gasteiger partial charge is 0.494 e. The highest BCUT2D eigenvalue weighted by Gasteiger charge is 1.99. The van der Waals surface area contributed by atoms with E-state index in [1.807, 2.05) is 36.4 Å². The molecule has 0 fully saturated rings.